The van der Waals surface area contributed by atoms with E-state index >= 15 is 0 Å². The Bertz CT molecular complexity index is 999. The summed E-state index contributed by atoms with van der Waals surface area (Å²) >= 11 is 0. The molecule has 3 aromatic rings. The van der Waals surface area contributed by atoms with Gasteiger partial charge in [-0.3, -0.25) is 9.48 Å². The molecule has 0 aliphatic carbocycles. The zero-order valence-electron chi connectivity index (χ0n) is 14.7. The molecule has 1 amide bonds. The van der Waals surface area contributed by atoms with Gasteiger partial charge in [0, 0.05) is 43.2 Å². The van der Waals surface area contributed by atoms with Crippen LogP contribution in [-0.2, 0) is 13.1 Å². The molecule has 0 aliphatic heterocycles. The zero-order valence-corrected chi connectivity index (χ0v) is 14.7. The third-order valence-corrected chi connectivity index (χ3v) is 3.81. The molecule has 0 radical (unpaired) electrons. The first-order valence-corrected chi connectivity index (χ1v) is 8.21. The fourth-order valence-electron chi connectivity index (χ4n) is 2.40. The number of carbonyl (C=O) groups is 1. The van der Waals surface area contributed by atoms with Crippen LogP contribution in [0.5, 0.6) is 0 Å². The third kappa shape index (κ3) is 4.19. The number of nitrogens with one attached hydrogen (secondary N) is 2. The number of halogens is 3. The fourth-order valence-corrected chi connectivity index (χ4v) is 2.40. The SMILES string of the molecule is CCn1cc(Nc2ncc(C(N)=O)c(NCc3c(F)cc(F)cc3F)n2)cn1. The topological polar surface area (TPSA) is 111 Å². The maximum Gasteiger partial charge on any atom is 0.254 e. The molecule has 0 bridgehead atoms. The van der Waals surface area contributed by atoms with Crippen LogP contribution in [0.4, 0.5) is 30.6 Å². The predicted molar refractivity (Wildman–Crippen MR) is 95.4 cm³/mol. The van der Waals surface area contributed by atoms with E-state index in [1.165, 1.54) is 6.20 Å². The van der Waals surface area contributed by atoms with Gasteiger partial charge in [-0.2, -0.15) is 10.1 Å². The quantitative estimate of drug-likeness (QED) is 0.571. The van der Waals surface area contributed by atoms with Crippen molar-refractivity contribution in [2.24, 2.45) is 5.73 Å². The minimum absolute atomic E-state index is 0.0315. The smallest absolute Gasteiger partial charge is 0.254 e. The molecule has 1 aromatic carbocycles. The molecule has 4 N–H and O–H groups in total. The van der Waals surface area contributed by atoms with Gasteiger partial charge in [-0.05, 0) is 6.92 Å². The number of amides is 1. The molecule has 11 heteroatoms. The van der Waals surface area contributed by atoms with Crippen molar-refractivity contribution < 1.29 is 18.0 Å². The van der Waals surface area contributed by atoms with Crippen molar-refractivity contribution in [3.63, 3.8) is 0 Å². The molecule has 0 unspecified atom stereocenters. The van der Waals surface area contributed by atoms with Crippen LogP contribution in [0.15, 0.2) is 30.7 Å². The number of anilines is 3. The van der Waals surface area contributed by atoms with Crippen molar-refractivity contribution in [2.75, 3.05) is 10.6 Å². The maximum absolute atomic E-state index is 13.8. The second-order valence-electron chi connectivity index (χ2n) is 5.73. The summed E-state index contributed by atoms with van der Waals surface area (Å²) in [5.74, 6) is -3.90. The number of aromatic nitrogens is 4. The minimum atomic E-state index is -1.06. The van der Waals surface area contributed by atoms with Crippen LogP contribution < -0.4 is 16.4 Å². The first-order valence-electron chi connectivity index (χ1n) is 8.21. The number of nitrogens with zero attached hydrogens (tertiary/aromatic N) is 4. The van der Waals surface area contributed by atoms with E-state index in [1.54, 1.807) is 17.1 Å². The number of primary amides is 1. The Labute approximate surface area is 157 Å². The number of hydrogen-bond acceptors (Lipinski definition) is 6. The number of aryl methyl sites for hydroxylation is 1. The molecular weight excluding hydrogens is 375 g/mol. The Kier molecular flexibility index (Phi) is 5.43. The van der Waals surface area contributed by atoms with E-state index in [-0.39, 0.29) is 23.9 Å². The Morgan fingerprint density at radius 2 is 1.93 bits per heavy atom. The summed E-state index contributed by atoms with van der Waals surface area (Å²) in [7, 11) is 0. The Morgan fingerprint density at radius 3 is 2.54 bits per heavy atom. The molecule has 146 valence electrons. The molecule has 0 saturated heterocycles. The number of nitrogens with two attached hydrogens (primary N) is 1. The predicted octanol–water partition coefficient (Wildman–Crippen LogP) is 2.56. The molecule has 28 heavy (non-hydrogen) atoms. The van der Waals surface area contributed by atoms with Gasteiger partial charge in [0.05, 0.1) is 17.4 Å². The Balaban J connectivity index is 1.85. The van der Waals surface area contributed by atoms with E-state index in [4.69, 9.17) is 5.73 Å². The summed E-state index contributed by atoms with van der Waals surface area (Å²) < 4.78 is 42.3. The second kappa shape index (κ2) is 7.94. The van der Waals surface area contributed by atoms with Gasteiger partial charge in [-0.25, -0.2) is 18.2 Å². The Hall–Kier alpha value is -3.63. The van der Waals surface area contributed by atoms with E-state index < -0.39 is 28.9 Å². The number of carbonyl (C=O) groups excluding carboxylic acids is 1. The van der Waals surface area contributed by atoms with E-state index in [9.17, 15) is 18.0 Å². The van der Waals surface area contributed by atoms with Gasteiger partial charge < -0.3 is 16.4 Å². The van der Waals surface area contributed by atoms with Crippen LogP contribution >= 0.6 is 0 Å². The highest BCUT2D eigenvalue weighted by Gasteiger charge is 2.16. The van der Waals surface area contributed by atoms with Gasteiger partial charge in [0.15, 0.2) is 0 Å². The van der Waals surface area contributed by atoms with Gasteiger partial charge in [0.2, 0.25) is 5.95 Å². The maximum atomic E-state index is 13.8. The van der Waals surface area contributed by atoms with E-state index in [1.807, 2.05) is 6.92 Å². The summed E-state index contributed by atoms with van der Waals surface area (Å²) in [5, 5.41) is 9.63. The molecular formula is C17H16F3N7O. The highest BCUT2D eigenvalue weighted by molar-refractivity contribution is 5.97. The van der Waals surface area contributed by atoms with Crippen LogP contribution in [0.1, 0.15) is 22.8 Å². The van der Waals surface area contributed by atoms with E-state index in [0.29, 0.717) is 24.4 Å². The van der Waals surface area contributed by atoms with Crippen molar-refractivity contribution in [3.8, 4) is 0 Å². The number of hydrogen-bond donors (Lipinski definition) is 3. The minimum Gasteiger partial charge on any atom is -0.365 e. The monoisotopic (exact) mass is 391 g/mol. The number of benzene rings is 1. The van der Waals surface area contributed by atoms with Crippen molar-refractivity contribution >= 4 is 23.4 Å². The third-order valence-electron chi connectivity index (χ3n) is 3.81. The fraction of sp³-hybridized carbons (Fsp3) is 0.176. The zero-order chi connectivity index (χ0) is 20.3. The van der Waals surface area contributed by atoms with Crippen LogP contribution in [0.2, 0.25) is 0 Å². The summed E-state index contributed by atoms with van der Waals surface area (Å²) in [6.07, 6.45) is 4.47. The molecule has 8 nitrogen and oxygen atoms in total. The van der Waals surface area contributed by atoms with Gasteiger partial charge in [0.1, 0.15) is 23.3 Å². The van der Waals surface area contributed by atoms with Gasteiger partial charge >= 0.3 is 0 Å². The lowest BCUT2D eigenvalue weighted by Crippen LogP contribution is -2.17. The Morgan fingerprint density at radius 1 is 1.21 bits per heavy atom. The second-order valence-corrected chi connectivity index (χ2v) is 5.73. The standard InChI is InChI=1S/C17H16F3N7O/c1-2-27-8-10(5-24-27)25-17-23-7-12(15(21)28)16(26-17)22-6-11-13(19)3-9(18)4-14(11)20/h3-5,7-8H,2,6H2,1H3,(H2,21,28)(H2,22,23,25,26). The molecule has 0 aliphatic rings. The van der Waals surface area contributed by atoms with E-state index in [0.717, 1.165) is 0 Å². The summed E-state index contributed by atoms with van der Waals surface area (Å²) in [6.45, 7) is 2.21. The summed E-state index contributed by atoms with van der Waals surface area (Å²) in [4.78, 5) is 19.7. The van der Waals surface area contributed by atoms with Crippen molar-refractivity contribution in [3.05, 3.63) is 59.3 Å². The highest BCUT2D eigenvalue weighted by atomic mass is 19.1. The molecule has 0 atom stereocenters. The molecule has 2 heterocycles. The van der Waals surface area contributed by atoms with E-state index in [2.05, 4.69) is 25.7 Å². The summed E-state index contributed by atoms with van der Waals surface area (Å²) in [5.41, 5.74) is 5.42. The highest BCUT2D eigenvalue weighted by Crippen LogP contribution is 2.20. The molecule has 3 rings (SSSR count). The average molecular weight is 391 g/mol. The van der Waals surface area contributed by atoms with Crippen LogP contribution in [0.3, 0.4) is 0 Å². The number of rotatable bonds is 7. The van der Waals surface area contributed by atoms with Gasteiger partial charge in [0.25, 0.3) is 5.91 Å². The molecule has 2 aromatic heterocycles. The first-order chi connectivity index (χ1) is 13.4. The first kappa shape index (κ1) is 19.1. The summed E-state index contributed by atoms with van der Waals surface area (Å²) in [6, 6.07) is 1.13. The van der Waals surface area contributed by atoms with Crippen LogP contribution in [-0.4, -0.2) is 25.7 Å². The lowest BCUT2D eigenvalue weighted by molar-refractivity contribution is 0.100. The lowest BCUT2D eigenvalue weighted by atomic mass is 10.2. The van der Waals surface area contributed by atoms with Crippen LogP contribution in [0, 0.1) is 17.5 Å². The van der Waals surface area contributed by atoms with Gasteiger partial charge in [-0.15, -0.1) is 0 Å². The van der Waals surface area contributed by atoms with Crippen molar-refractivity contribution in [2.45, 2.75) is 20.0 Å². The normalized spacial score (nSPS) is 10.7. The van der Waals surface area contributed by atoms with Crippen LogP contribution in [0.25, 0.3) is 0 Å². The molecule has 0 saturated carbocycles. The van der Waals surface area contributed by atoms with Crippen molar-refractivity contribution in [1.82, 2.24) is 19.7 Å². The average Bonchev–Trinajstić information content (AvgIpc) is 3.08. The van der Waals surface area contributed by atoms with Crippen molar-refractivity contribution in [1.29, 1.82) is 0 Å². The molecule has 0 spiro atoms. The lowest BCUT2D eigenvalue weighted by Gasteiger charge is -2.12. The largest absolute Gasteiger partial charge is 0.365 e. The van der Waals surface area contributed by atoms with Gasteiger partial charge in [-0.1, -0.05) is 0 Å². The molecule has 0 fully saturated rings.